The fourth-order valence-corrected chi connectivity index (χ4v) is 6.28. The lowest BCUT2D eigenvalue weighted by molar-refractivity contribution is -0.870. The van der Waals surface area contributed by atoms with Gasteiger partial charge in [-0.1, -0.05) is 142 Å². The molecule has 0 aromatic rings. The number of carbonyl (C=O) groups excluding carboxylic acids is 2. The van der Waals surface area contributed by atoms with Gasteiger partial charge in [0.2, 0.25) is 0 Å². The summed E-state index contributed by atoms with van der Waals surface area (Å²) >= 11 is 0. The molecule has 0 spiro atoms. The number of unbranched alkanes of at least 4 members (excludes halogenated alkanes) is 21. The van der Waals surface area contributed by atoms with Crippen LogP contribution in [0.3, 0.4) is 0 Å². The largest absolute Gasteiger partial charge is 0.472 e. The second-order valence-corrected chi connectivity index (χ2v) is 16.5. The minimum atomic E-state index is -4.36. The third-order valence-electron chi connectivity index (χ3n) is 8.80. The molecule has 0 aromatic heterocycles. The van der Waals surface area contributed by atoms with Crippen molar-refractivity contribution in [2.75, 3.05) is 47.5 Å². The van der Waals surface area contributed by atoms with Gasteiger partial charge in [0.15, 0.2) is 6.10 Å². The Morgan fingerprint density at radius 1 is 0.600 bits per heavy atom. The van der Waals surface area contributed by atoms with Crippen molar-refractivity contribution in [3.63, 3.8) is 0 Å². The van der Waals surface area contributed by atoms with Gasteiger partial charge in [-0.05, 0) is 38.5 Å². The van der Waals surface area contributed by atoms with E-state index < -0.39 is 26.5 Å². The maximum absolute atomic E-state index is 12.6. The number of likely N-dealkylation sites (N-methyl/N-ethyl adjacent to an activating group) is 1. The van der Waals surface area contributed by atoms with Crippen LogP contribution >= 0.6 is 7.82 Å². The molecule has 50 heavy (non-hydrogen) atoms. The normalized spacial score (nSPS) is 13.8. The molecule has 0 bridgehead atoms. The van der Waals surface area contributed by atoms with Crippen LogP contribution in [0.4, 0.5) is 0 Å². The van der Waals surface area contributed by atoms with E-state index in [0.29, 0.717) is 23.9 Å². The Balaban J connectivity index is 4.40. The molecular weight excluding hydrogens is 653 g/mol. The van der Waals surface area contributed by atoms with Crippen molar-refractivity contribution in [3.05, 3.63) is 12.2 Å². The Hall–Kier alpha value is -1.25. The highest BCUT2D eigenvalue weighted by molar-refractivity contribution is 7.47. The lowest BCUT2D eigenvalue weighted by Gasteiger charge is -2.24. The SMILES string of the molecule is CCCCCCCC/C=C/CCCCCCCC(=O)O[C@@H](COC(=O)CCCCCCCCCCCCC)COP(=O)(O)OCC[N+](C)(C)C. The molecule has 2 atom stereocenters. The van der Waals surface area contributed by atoms with Gasteiger partial charge in [0.05, 0.1) is 27.7 Å². The fraction of sp³-hybridized carbons (Fsp3) is 0.900. The number of hydrogen-bond donors (Lipinski definition) is 1. The monoisotopic (exact) mass is 733 g/mol. The first-order valence-electron chi connectivity index (χ1n) is 20.4. The van der Waals surface area contributed by atoms with Gasteiger partial charge in [0.1, 0.15) is 19.8 Å². The molecule has 0 radical (unpaired) electrons. The zero-order valence-corrected chi connectivity index (χ0v) is 34.0. The highest BCUT2D eigenvalue weighted by atomic mass is 31.2. The number of quaternary nitrogens is 1. The molecule has 0 amide bonds. The minimum absolute atomic E-state index is 0.0329. The van der Waals surface area contributed by atoms with Crippen molar-refractivity contribution >= 4 is 19.8 Å². The summed E-state index contributed by atoms with van der Waals surface area (Å²) in [5, 5.41) is 0. The fourth-order valence-electron chi connectivity index (χ4n) is 5.54. The average molecular weight is 733 g/mol. The van der Waals surface area contributed by atoms with Crippen LogP contribution in [0.2, 0.25) is 0 Å². The standard InChI is InChI=1S/C40H78NO8P/c1-6-8-10-12-14-16-18-19-20-21-23-25-27-29-31-33-40(43)49-38(37-48-50(44,45)47-35-34-41(3,4)5)36-46-39(42)32-30-28-26-24-22-17-15-13-11-9-7-2/h19-20,38H,6-18,21-37H2,1-5H3/p+1/b20-19+/t38-/m0/s1. The van der Waals surface area contributed by atoms with Crippen molar-refractivity contribution in [1.29, 1.82) is 0 Å². The van der Waals surface area contributed by atoms with Crippen LogP contribution in [-0.4, -0.2) is 74.9 Å². The molecule has 1 N–H and O–H groups in total. The smallest absolute Gasteiger partial charge is 0.462 e. The third kappa shape index (κ3) is 36.5. The topological polar surface area (TPSA) is 108 Å². The lowest BCUT2D eigenvalue weighted by Crippen LogP contribution is -2.37. The molecule has 296 valence electrons. The van der Waals surface area contributed by atoms with E-state index >= 15 is 0 Å². The molecule has 0 heterocycles. The number of nitrogens with zero attached hydrogens (tertiary/aromatic N) is 1. The van der Waals surface area contributed by atoms with Gasteiger partial charge in [-0.15, -0.1) is 0 Å². The van der Waals surface area contributed by atoms with Crippen molar-refractivity contribution in [2.45, 2.75) is 187 Å². The first kappa shape index (κ1) is 48.8. The van der Waals surface area contributed by atoms with Gasteiger partial charge in [-0.25, -0.2) is 4.57 Å². The van der Waals surface area contributed by atoms with Crippen LogP contribution in [0, 0.1) is 0 Å². The number of esters is 2. The molecule has 0 saturated carbocycles. The predicted molar refractivity (Wildman–Crippen MR) is 206 cm³/mol. The quantitative estimate of drug-likeness (QED) is 0.0221. The maximum Gasteiger partial charge on any atom is 0.472 e. The number of carbonyl (C=O) groups is 2. The number of phosphoric acid groups is 1. The molecule has 0 saturated heterocycles. The van der Waals surface area contributed by atoms with E-state index in [-0.39, 0.29) is 25.6 Å². The van der Waals surface area contributed by atoms with Crippen LogP contribution < -0.4 is 0 Å². The third-order valence-corrected chi connectivity index (χ3v) is 9.78. The second-order valence-electron chi connectivity index (χ2n) is 15.0. The molecule has 10 heteroatoms. The summed E-state index contributed by atoms with van der Waals surface area (Å²) in [7, 11) is 1.48. The van der Waals surface area contributed by atoms with Crippen LogP contribution in [-0.2, 0) is 32.7 Å². The van der Waals surface area contributed by atoms with Crippen LogP contribution in [0.1, 0.15) is 181 Å². The molecule has 0 aliphatic rings. The first-order valence-corrected chi connectivity index (χ1v) is 21.9. The number of ether oxygens (including phenoxy) is 2. The summed E-state index contributed by atoms with van der Waals surface area (Å²) in [6.45, 7) is 4.40. The highest BCUT2D eigenvalue weighted by Gasteiger charge is 2.27. The number of phosphoric ester groups is 1. The van der Waals surface area contributed by atoms with E-state index in [4.69, 9.17) is 18.5 Å². The summed E-state index contributed by atoms with van der Waals surface area (Å²) in [6, 6.07) is 0. The summed E-state index contributed by atoms with van der Waals surface area (Å²) in [5.74, 6) is -0.804. The van der Waals surface area contributed by atoms with Crippen LogP contribution in [0.5, 0.6) is 0 Å². The van der Waals surface area contributed by atoms with Gasteiger partial charge in [0, 0.05) is 12.8 Å². The van der Waals surface area contributed by atoms with Crippen molar-refractivity contribution in [1.82, 2.24) is 0 Å². The Morgan fingerprint density at radius 3 is 1.48 bits per heavy atom. The van der Waals surface area contributed by atoms with Crippen LogP contribution in [0.15, 0.2) is 12.2 Å². The van der Waals surface area contributed by atoms with Gasteiger partial charge >= 0.3 is 19.8 Å². The lowest BCUT2D eigenvalue weighted by atomic mass is 10.1. The zero-order valence-electron chi connectivity index (χ0n) is 33.1. The van der Waals surface area contributed by atoms with E-state index in [2.05, 4.69) is 26.0 Å². The van der Waals surface area contributed by atoms with E-state index in [0.717, 1.165) is 51.4 Å². The molecular formula is C40H79NO8P+. The molecule has 1 unspecified atom stereocenters. The van der Waals surface area contributed by atoms with Crippen LogP contribution in [0.25, 0.3) is 0 Å². The number of allylic oxidation sites excluding steroid dienone is 2. The Bertz CT molecular complexity index is 876. The molecule has 9 nitrogen and oxygen atoms in total. The predicted octanol–water partition coefficient (Wildman–Crippen LogP) is 11.0. The van der Waals surface area contributed by atoms with Gasteiger partial charge < -0.3 is 18.9 Å². The second kappa shape index (κ2) is 33.6. The molecule has 0 aliphatic heterocycles. The highest BCUT2D eigenvalue weighted by Crippen LogP contribution is 2.43. The summed E-state index contributed by atoms with van der Waals surface area (Å²) in [4.78, 5) is 35.2. The maximum atomic E-state index is 12.6. The van der Waals surface area contributed by atoms with E-state index in [9.17, 15) is 19.0 Å². The van der Waals surface area contributed by atoms with E-state index in [1.807, 2.05) is 21.1 Å². The van der Waals surface area contributed by atoms with Crippen molar-refractivity contribution in [2.24, 2.45) is 0 Å². The molecule has 0 fully saturated rings. The van der Waals surface area contributed by atoms with Gasteiger partial charge in [-0.2, -0.15) is 0 Å². The minimum Gasteiger partial charge on any atom is -0.462 e. The molecule has 0 rings (SSSR count). The molecule has 0 aromatic carbocycles. The Morgan fingerprint density at radius 2 is 1.02 bits per heavy atom. The van der Waals surface area contributed by atoms with Crippen molar-refractivity contribution in [3.8, 4) is 0 Å². The van der Waals surface area contributed by atoms with Gasteiger partial charge in [0.25, 0.3) is 0 Å². The molecule has 0 aliphatic carbocycles. The zero-order chi connectivity index (χ0) is 37.2. The number of rotatable bonds is 37. The summed E-state index contributed by atoms with van der Waals surface area (Å²) < 4.78 is 34.2. The Kier molecular flexibility index (Phi) is 32.7. The van der Waals surface area contributed by atoms with E-state index in [1.54, 1.807) is 0 Å². The number of hydrogen-bond acceptors (Lipinski definition) is 7. The summed E-state index contributed by atoms with van der Waals surface area (Å²) in [5.41, 5.74) is 0. The average Bonchev–Trinajstić information content (AvgIpc) is 3.06. The van der Waals surface area contributed by atoms with Gasteiger partial charge in [-0.3, -0.25) is 18.6 Å². The van der Waals surface area contributed by atoms with Crippen molar-refractivity contribution < 1.29 is 42.1 Å². The summed E-state index contributed by atoms with van der Waals surface area (Å²) in [6.07, 6.45) is 32.5. The van der Waals surface area contributed by atoms with E-state index in [1.165, 1.54) is 96.3 Å². The Labute approximate surface area is 307 Å². The first-order chi connectivity index (χ1) is 24.0.